The highest BCUT2D eigenvalue weighted by Crippen LogP contribution is 2.19. The van der Waals surface area contributed by atoms with E-state index in [0.717, 1.165) is 5.56 Å². The van der Waals surface area contributed by atoms with Crippen molar-refractivity contribution >= 4 is 5.91 Å². The van der Waals surface area contributed by atoms with Gasteiger partial charge in [-0.25, -0.2) is 9.37 Å². The first-order chi connectivity index (χ1) is 12.0. The van der Waals surface area contributed by atoms with Crippen LogP contribution in [0.15, 0.2) is 35.1 Å². The summed E-state index contributed by atoms with van der Waals surface area (Å²) in [6, 6.07) is 7.57. The van der Waals surface area contributed by atoms with E-state index in [0.29, 0.717) is 44.1 Å². The molecule has 1 saturated heterocycles. The summed E-state index contributed by atoms with van der Waals surface area (Å²) in [4.78, 5) is 32.7. The summed E-state index contributed by atoms with van der Waals surface area (Å²) in [5.41, 5.74) is 1.30. The molecule has 1 atom stereocenters. The number of carbonyl (C=O) groups is 1. The molecule has 3 rings (SSSR count). The average Bonchev–Trinajstić information content (AvgIpc) is 2.60. The lowest BCUT2D eigenvalue weighted by Crippen LogP contribution is -2.43. The van der Waals surface area contributed by atoms with Crippen LogP contribution in [0.5, 0.6) is 0 Å². The predicted molar refractivity (Wildman–Crippen MR) is 89.6 cm³/mol. The number of H-pyrrole nitrogens is 1. The number of aryl methyl sites for hydroxylation is 2. The van der Waals surface area contributed by atoms with E-state index in [1.54, 1.807) is 24.0 Å². The lowest BCUT2D eigenvalue weighted by molar-refractivity contribution is -0.139. The second kappa shape index (κ2) is 7.57. The molecule has 0 aliphatic carbocycles. The first-order valence-corrected chi connectivity index (χ1v) is 8.23. The van der Waals surface area contributed by atoms with Crippen LogP contribution in [0.2, 0.25) is 0 Å². The van der Waals surface area contributed by atoms with Gasteiger partial charge >= 0.3 is 0 Å². The fourth-order valence-electron chi connectivity index (χ4n) is 2.86. The Morgan fingerprint density at radius 3 is 2.88 bits per heavy atom. The minimum atomic E-state index is -0.434. The molecular formula is C18H20FN3O3. The minimum Gasteiger partial charge on any atom is -0.367 e. The molecule has 1 aliphatic heterocycles. The average molecular weight is 345 g/mol. The molecule has 0 radical (unpaired) electrons. The molecule has 6 nitrogen and oxygen atoms in total. The molecule has 0 saturated carbocycles. The van der Waals surface area contributed by atoms with Gasteiger partial charge in [-0.3, -0.25) is 9.59 Å². The number of nitrogens with one attached hydrogen (secondary N) is 1. The van der Waals surface area contributed by atoms with Crippen molar-refractivity contribution in [1.29, 1.82) is 0 Å². The third-order valence-corrected chi connectivity index (χ3v) is 4.15. The zero-order valence-electron chi connectivity index (χ0n) is 14.0. The molecule has 1 aliphatic rings. The molecule has 0 spiro atoms. The molecule has 1 unspecified atom stereocenters. The molecular weight excluding hydrogens is 325 g/mol. The van der Waals surface area contributed by atoms with Crippen molar-refractivity contribution in [1.82, 2.24) is 14.9 Å². The van der Waals surface area contributed by atoms with E-state index in [4.69, 9.17) is 4.74 Å². The smallest absolute Gasteiger partial charge is 0.251 e. The molecule has 0 bridgehead atoms. The number of hydrogen-bond acceptors (Lipinski definition) is 4. The lowest BCUT2D eigenvalue weighted by atomic mass is 10.1. The van der Waals surface area contributed by atoms with Crippen molar-refractivity contribution in [2.24, 2.45) is 0 Å². The van der Waals surface area contributed by atoms with Gasteiger partial charge < -0.3 is 14.6 Å². The van der Waals surface area contributed by atoms with Crippen molar-refractivity contribution in [3.05, 3.63) is 63.6 Å². The molecule has 1 aromatic carbocycles. The van der Waals surface area contributed by atoms with Crippen LogP contribution >= 0.6 is 0 Å². The lowest BCUT2D eigenvalue weighted by Gasteiger charge is -2.32. The molecule has 1 fully saturated rings. The van der Waals surface area contributed by atoms with E-state index in [9.17, 15) is 14.0 Å². The molecule has 1 N–H and O–H groups in total. The third kappa shape index (κ3) is 4.51. The molecule has 1 amide bonds. The summed E-state index contributed by atoms with van der Waals surface area (Å²) in [6.45, 7) is 3.00. The normalized spacial score (nSPS) is 17.5. The van der Waals surface area contributed by atoms with Crippen LogP contribution in [0.25, 0.3) is 0 Å². The maximum atomic E-state index is 12.9. The number of rotatable bonds is 4. The summed E-state index contributed by atoms with van der Waals surface area (Å²) in [7, 11) is 0. The second-order valence-corrected chi connectivity index (χ2v) is 6.10. The Bertz CT molecular complexity index is 804. The Morgan fingerprint density at radius 1 is 1.40 bits per heavy atom. The van der Waals surface area contributed by atoms with E-state index >= 15 is 0 Å². The number of halogens is 1. The van der Waals surface area contributed by atoms with Crippen LogP contribution in [0, 0.1) is 12.7 Å². The van der Waals surface area contributed by atoms with Crippen LogP contribution in [-0.4, -0.2) is 40.5 Å². The molecule has 7 heteroatoms. The first-order valence-electron chi connectivity index (χ1n) is 8.23. The Hall–Kier alpha value is -2.54. The number of nitrogens with zero attached hydrogens (tertiary/aromatic N) is 2. The number of amides is 1. The Morgan fingerprint density at radius 2 is 2.16 bits per heavy atom. The molecule has 132 valence electrons. The number of aromatic amines is 1. The van der Waals surface area contributed by atoms with Gasteiger partial charge in [-0.2, -0.15) is 0 Å². The minimum absolute atomic E-state index is 0.00706. The van der Waals surface area contributed by atoms with E-state index in [-0.39, 0.29) is 17.3 Å². The van der Waals surface area contributed by atoms with Gasteiger partial charge in [0.15, 0.2) is 0 Å². The molecule has 2 heterocycles. The predicted octanol–water partition coefficient (Wildman–Crippen LogP) is 1.75. The van der Waals surface area contributed by atoms with Crippen LogP contribution < -0.4 is 5.56 Å². The third-order valence-electron chi connectivity index (χ3n) is 4.15. The number of carbonyl (C=O) groups excluding carboxylic acids is 1. The number of aromatic nitrogens is 2. The summed E-state index contributed by atoms with van der Waals surface area (Å²) < 4.78 is 18.6. The van der Waals surface area contributed by atoms with Gasteiger partial charge in [0.1, 0.15) is 17.7 Å². The Balaban J connectivity index is 1.61. The summed E-state index contributed by atoms with van der Waals surface area (Å²) in [5, 5.41) is 0. The van der Waals surface area contributed by atoms with E-state index in [1.165, 1.54) is 18.2 Å². The highest BCUT2D eigenvalue weighted by atomic mass is 19.1. The van der Waals surface area contributed by atoms with Gasteiger partial charge in [0, 0.05) is 24.7 Å². The number of benzene rings is 1. The van der Waals surface area contributed by atoms with Crippen LogP contribution in [-0.2, 0) is 16.0 Å². The van der Waals surface area contributed by atoms with Crippen molar-refractivity contribution in [2.45, 2.75) is 25.9 Å². The monoisotopic (exact) mass is 345 g/mol. The van der Waals surface area contributed by atoms with Crippen molar-refractivity contribution in [3.63, 3.8) is 0 Å². The number of morpholine rings is 1. The van der Waals surface area contributed by atoms with Crippen molar-refractivity contribution < 1.29 is 13.9 Å². The van der Waals surface area contributed by atoms with Crippen LogP contribution in [0.4, 0.5) is 4.39 Å². The fraction of sp³-hybridized carbons (Fsp3) is 0.389. The largest absolute Gasteiger partial charge is 0.367 e. The molecule has 2 aromatic rings. The highest BCUT2D eigenvalue weighted by Gasteiger charge is 2.26. The van der Waals surface area contributed by atoms with Gasteiger partial charge in [-0.05, 0) is 31.0 Å². The van der Waals surface area contributed by atoms with Crippen LogP contribution in [0.1, 0.15) is 29.6 Å². The number of ether oxygens (including phenoxy) is 1. The van der Waals surface area contributed by atoms with E-state index < -0.39 is 6.10 Å². The zero-order chi connectivity index (χ0) is 17.8. The van der Waals surface area contributed by atoms with Gasteiger partial charge in [-0.15, -0.1) is 0 Å². The highest BCUT2D eigenvalue weighted by molar-refractivity contribution is 5.76. The van der Waals surface area contributed by atoms with Gasteiger partial charge in [-0.1, -0.05) is 12.1 Å². The van der Waals surface area contributed by atoms with Crippen molar-refractivity contribution in [3.8, 4) is 0 Å². The van der Waals surface area contributed by atoms with Crippen LogP contribution in [0.3, 0.4) is 0 Å². The first kappa shape index (κ1) is 17.3. The fourth-order valence-corrected chi connectivity index (χ4v) is 2.86. The van der Waals surface area contributed by atoms with Crippen molar-refractivity contribution in [2.75, 3.05) is 19.7 Å². The topological polar surface area (TPSA) is 75.3 Å². The molecule has 25 heavy (non-hydrogen) atoms. The maximum Gasteiger partial charge on any atom is 0.251 e. The van der Waals surface area contributed by atoms with E-state index in [2.05, 4.69) is 9.97 Å². The summed E-state index contributed by atoms with van der Waals surface area (Å²) in [6.07, 6.45) is 0.465. The zero-order valence-corrected chi connectivity index (χ0v) is 14.0. The van der Waals surface area contributed by atoms with Gasteiger partial charge in [0.05, 0.1) is 13.2 Å². The summed E-state index contributed by atoms with van der Waals surface area (Å²) in [5.74, 6) is 0.166. The Kier molecular flexibility index (Phi) is 5.23. The maximum absolute atomic E-state index is 12.9. The van der Waals surface area contributed by atoms with Gasteiger partial charge in [0.25, 0.3) is 5.56 Å². The van der Waals surface area contributed by atoms with Gasteiger partial charge in [0.2, 0.25) is 5.91 Å². The second-order valence-electron chi connectivity index (χ2n) is 6.10. The number of hydrogen-bond donors (Lipinski definition) is 1. The Labute approximate surface area is 144 Å². The summed E-state index contributed by atoms with van der Waals surface area (Å²) >= 11 is 0. The molecule has 1 aromatic heterocycles. The standard InChI is InChI=1S/C18H20FN3O3/c1-12-10-16(23)21-18(20-12)15-11-22(8-9-25-15)17(24)7-4-13-2-5-14(19)6-3-13/h2-3,5-6,10,15H,4,7-9,11H2,1H3,(H,20,21,23). The quantitative estimate of drug-likeness (QED) is 0.916. The van der Waals surface area contributed by atoms with E-state index in [1.807, 2.05) is 0 Å². The SMILES string of the molecule is Cc1cc(=O)[nH]c(C2CN(C(=O)CCc3ccc(F)cc3)CCO2)n1.